The summed E-state index contributed by atoms with van der Waals surface area (Å²) >= 11 is 0. The molecule has 1 rings (SSSR count). The van der Waals surface area contributed by atoms with Crippen LogP contribution in [0, 0.1) is 0 Å². The Bertz CT molecular complexity index is 255. The minimum absolute atomic E-state index is 0.490. The molecule has 0 unspecified atom stereocenters. The maximum atomic E-state index is 12.5. The Hall–Kier alpha value is -0.160. The van der Waals surface area contributed by atoms with E-state index in [1.165, 1.54) is 7.11 Å². The zero-order valence-corrected chi connectivity index (χ0v) is 8.57. The summed E-state index contributed by atoms with van der Waals surface area (Å²) in [4.78, 5) is 0. The number of hydrogen-bond acceptors (Lipinski definition) is 3. The van der Waals surface area contributed by atoms with Gasteiger partial charge in [-0.05, 0) is 12.8 Å². The van der Waals surface area contributed by atoms with Crippen LogP contribution in [-0.2, 0) is 15.0 Å². The summed E-state index contributed by atoms with van der Waals surface area (Å²) in [5, 5.41) is 0. The van der Waals surface area contributed by atoms with E-state index < -0.39 is 21.6 Å². The lowest BCUT2D eigenvalue weighted by Gasteiger charge is -2.34. The van der Waals surface area contributed by atoms with E-state index in [0.717, 1.165) is 19.3 Å². The van der Waals surface area contributed by atoms with E-state index in [0.29, 0.717) is 12.8 Å². The minimum atomic E-state index is -4.42. The van der Waals surface area contributed by atoms with Crippen LogP contribution in [0.15, 0.2) is 0 Å². The van der Waals surface area contributed by atoms with Crippen LogP contribution < -0.4 is 0 Å². The number of ether oxygens (including phenoxy) is 1. The summed E-state index contributed by atoms with van der Waals surface area (Å²) in [5.41, 5.74) is -0.758. The second kappa shape index (κ2) is 3.92. The summed E-state index contributed by atoms with van der Waals surface area (Å²) in [6.07, 6.45) is 4.21. The molecule has 0 atom stereocenters. The lowest BCUT2D eigenvalue weighted by atomic mass is 9.86. The first-order valence-corrected chi connectivity index (χ1v) is 6.00. The Labute approximate surface area is 78.5 Å². The highest BCUT2D eigenvalue weighted by Crippen LogP contribution is 2.32. The molecule has 0 spiro atoms. The fourth-order valence-corrected chi connectivity index (χ4v) is 2.95. The van der Waals surface area contributed by atoms with E-state index in [2.05, 4.69) is 0 Å². The van der Waals surface area contributed by atoms with Gasteiger partial charge in [0.15, 0.2) is 0 Å². The molecule has 5 heteroatoms. The SMILES string of the molecule is COC1(CS(=O)(=O)F)CCCCC1. The van der Waals surface area contributed by atoms with Crippen molar-refractivity contribution in [3.63, 3.8) is 0 Å². The molecule has 1 aliphatic carbocycles. The zero-order chi connectivity index (χ0) is 9.95. The van der Waals surface area contributed by atoms with Crippen molar-refractivity contribution in [3.05, 3.63) is 0 Å². The first-order valence-electron chi connectivity index (χ1n) is 4.45. The predicted octanol–water partition coefficient (Wildman–Crippen LogP) is 1.64. The molecule has 1 fully saturated rings. The van der Waals surface area contributed by atoms with Gasteiger partial charge in [0.25, 0.3) is 0 Å². The van der Waals surface area contributed by atoms with Crippen molar-refractivity contribution in [3.8, 4) is 0 Å². The fraction of sp³-hybridized carbons (Fsp3) is 1.00. The lowest BCUT2D eigenvalue weighted by molar-refractivity contribution is -0.0208. The maximum absolute atomic E-state index is 12.5. The molecule has 0 bridgehead atoms. The molecule has 0 saturated heterocycles. The first-order chi connectivity index (χ1) is 5.97. The van der Waals surface area contributed by atoms with Gasteiger partial charge in [0, 0.05) is 7.11 Å². The number of halogens is 1. The van der Waals surface area contributed by atoms with Gasteiger partial charge < -0.3 is 4.74 Å². The summed E-state index contributed by atoms with van der Waals surface area (Å²) in [5.74, 6) is -0.490. The fourth-order valence-electron chi connectivity index (χ4n) is 1.92. The summed E-state index contributed by atoms with van der Waals surface area (Å²) < 4.78 is 38.7. The standard InChI is InChI=1S/C8H15FO3S/c1-12-8(7-13(9,10)11)5-3-2-4-6-8/h2-7H2,1H3. The average molecular weight is 210 g/mol. The zero-order valence-electron chi connectivity index (χ0n) is 7.75. The molecule has 0 aromatic rings. The molecule has 0 N–H and O–H groups in total. The Morgan fingerprint density at radius 1 is 1.31 bits per heavy atom. The van der Waals surface area contributed by atoms with Crippen molar-refractivity contribution in [1.82, 2.24) is 0 Å². The Morgan fingerprint density at radius 2 is 1.85 bits per heavy atom. The smallest absolute Gasteiger partial charge is 0.305 e. The van der Waals surface area contributed by atoms with Gasteiger partial charge in [-0.1, -0.05) is 19.3 Å². The largest absolute Gasteiger partial charge is 0.377 e. The average Bonchev–Trinajstić information content (AvgIpc) is 2.03. The van der Waals surface area contributed by atoms with Gasteiger partial charge in [-0.2, -0.15) is 8.42 Å². The molecule has 0 radical (unpaired) electrons. The monoisotopic (exact) mass is 210 g/mol. The van der Waals surface area contributed by atoms with E-state index >= 15 is 0 Å². The van der Waals surface area contributed by atoms with Crippen molar-refractivity contribution in [2.45, 2.75) is 37.7 Å². The van der Waals surface area contributed by atoms with Crippen LogP contribution in [0.3, 0.4) is 0 Å². The third kappa shape index (κ3) is 3.23. The van der Waals surface area contributed by atoms with Crippen molar-refractivity contribution in [2.75, 3.05) is 12.9 Å². The Kier molecular flexibility index (Phi) is 3.29. The second-order valence-electron chi connectivity index (χ2n) is 3.63. The molecule has 0 aromatic carbocycles. The van der Waals surface area contributed by atoms with Crippen LogP contribution in [0.1, 0.15) is 32.1 Å². The van der Waals surface area contributed by atoms with Crippen LogP contribution in [0.4, 0.5) is 3.89 Å². The molecule has 0 aromatic heterocycles. The molecule has 0 amide bonds. The van der Waals surface area contributed by atoms with E-state index in [-0.39, 0.29) is 0 Å². The molecule has 78 valence electrons. The van der Waals surface area contributed by atoms with E-state index in [9.17, 15) is 12.3 Å². The topological polar surface area (TPSA) is 43.4 Å². The second-order valence-corrected chi connectivity index (χ2v) is 5.00. The molecular weight excluding hydrogens is 195 g/mol. The summed E-state index contributed by atoms with van der Waals surface area (Å²) in [7, 11) is -2.96. The van der Waals surface area contributed by atoms with Crippen molar-refractivity contribution >= 4 is 10.2 Å². The van der Waals surface area contributed by atoms with Crippen LogP contribution in [0.25, 0.3) is 0 Å². The molecule has 0 heterocycles. The highest BCUT2D eigenvalue weighted by atomic mass is 32.3. The van der Waals surface area contributed by atoms with Gasteiger partial charge >= 0.3 is 10.2 Å². The first kappa shape index (κ1) is 10.9. The number of rotatable bonds is 3. The normalized spacial score (nSPS) is 22.9. The van der Waals surface area contributed by atoms with Gasteiger partial charge in [0.2, 0.25) is 0 Å². The molecular formula is C8H15FO3S. The maximum Gasteiger partial charge on any atom is 0.305 e. The Balaban J connectivity index is 2.68. The van der Waals surface area contributed by atoms with Crippen molar-refractivity contribution in [1.29, 1.82) is 0 Å². The number of methoxy groups -OCH3 is 1. The van der Waals surface area contributed by atoms with Crippen molar-refractivity contribution in [2.24, 2.45) is 0 Å². The van der Waals surface area contributed by atoms with Gasteiger partial charge in [0.1, 0.15) is 5.75 Å². The molecule has 0 aliphatic heterocycles. The van der Waals surface area contributed by atoms with Crippen LogP contribution in [0.5, 0.6) is 0 Å². The van der Waals surface area contributed by atoms with E-state index in [1.807, 2.05) is 0 Å². The predicted molar refractivity (Wildman–Crippen MR) is 47.7 cm³/mol. The third-order valence-corrected chi connectivity index (χ3v) is 3.50. The number of hydrogen-bond donors (Lipinski definition) is 0. The minimum Gasteiger partial charge on any atom is -0.377 e. The highest BCUT2D eigenvalue weighted by molar-refractivity contribution is 7.86. The lowest BCUT2D eigenvalue weighted by Crippen LogP contribution is -2.40. The quantitative estimate of drug-likeness (QED) is 0.665. The van der Waals surface area contributed by atoms with E-state index in [1.54, 1.807) is 0 Å². The van der Waals surface area contributed by atoms with Gasteiger partial charge in [-0.3, -0.25) is 0 Å². The van der Waals surface area contributed by atoms with Gasteiger partial charge in [0.05, 0.1) is 5.60 Å². The highest BCUT2D eigenvalue weighted by Gasteiger charge is 2.36. The molecule has 13 heavy (non-hydrogen) atoms. The van der Waals surface area contributed by atoms with Crippen LogP contribution in [-0.4, -0.2) is 26.9 Å². The van der Waals surface area contributed by atoms with E-state index in [4.69, 9.17) is 4.74 Å². The summed E-state index contributed by atoms with van der Waals surface area (Å²) in [6.45, 7) is 0. The molecule has 3 nitrogen and oxygen atoms in total. The van der Waals surface area contributed by atoms with Gasteiger partial charge in [-0.15, -0.1) is 3.89 Å². The van der Waals surface area contributed by atoms with Crippen molar-refractivity contribution < 1.29 is 17.0 Å². The third-order valence-electron chi connectivity index (χ3n) is 2.63. The Morgan fingerprint density at radius 3 is 2.23 bits per heavy atom. The summed E-state index contributed by atoms with van der Waals surface area (Å²) in [6, 6.07) is 0. The molecule has 1 saturated carbocycles. The van der Waals surface area contributed by atoms with Crippen LogP contribution in [0.2, 0.25) is 0 Å². The van der Waals surface area contributed by atoms with Gasteiger partial charge in [-0.25, -0.2) is 0 Å². The molecule has 1 aliphatic rings. The van der Waals surface area contributed by atoms with Crippen LogP contribution >= 0.6 is 0 Å².